The Morgan fingerprint density at radius 2 is 2.37 bits per heavy atom. The Morgan fingerprint density at radius 3 is 2.89 bits per heavy atom. The largest absolute Gasteiger partial charge is 0.477 e. The zero-order chi connectivity index (χ0) is 14.0. The first-order valence-electron chi connectivity index (χ1n) is 5.92. The standard InChI is InChI=1S/C11H16N2O5S/c1-7(8-2-3-18-6-8)13-19(16,17)9-4-10(11(14)15)12-5-9/h4-5,7-8,12-13H,2-3,6H2,1H3,(H,14,15). The Morgan fingerprint density at radius 1 is 1.63 bits per heavy atom. The van der Waals surface area contributed by atoms with Crippen LogP contribution in [0.15, 0.2) is 17.2 Å². The van der Waals surface area contributed by atoms with Crippen LogP contribution in [0.1, 0.15) is 23.8 Å². The molecule has 2 heterocycles. The lowest BCUT2D eigenvalue weighted by molar-refractivity contribution is 0.0691. The summed E-state index contributed by atoms with van der Waals surface area (Å²) in [5, 5.41) is 8.76. The maximum Gasteiger partial charge on any atom is 0.352 e. The van der Waals surface area contributed by atoms with Crippen LogP contribution >= 0.6 is 0 Å². The van der Waals surface area contributed by atoms with E-state index in [1.54, 1.807) is 6.92 Å². The van der Waals surface area contributed by atoms with Crippen molar-refractivity contribution >= 4 is 16.0 Å². The minimum atomic E-state index is -3.71. The van der Waals surface area contributed by atoms with Gasteiger partial charge in [0, 0.05) is 24.8 Å². The topological polar surface area (TPSA) is 108 Å². The maximum atomic E-state index is 12.1. The number of rotatable bonds is 5. The molecule has 3 N–H and O–H groups in total. The predicted molar refractivity (Wildman–Crippen MR) is 66.5 cm³/mol. The molecular weight excluding hydrogens is 272 g/mol. The fraction of sp³-hybridized carbons (Fsp3) is 0.545. The summed E-state index contributed by atoms with van der Waals surface area (Å²) in [6, 6.07) is 0.846. The first kappa shape index (κ1) is 14.0. The number of carboxylic acids is 1. The molecule has 19 heavy (non-hydrogen) atoms. The van der Waals surface area contributed by atoms with Gasteiger partial charge in [0.1, 0.15) is 10.6 Å². The van der Waals surface area contributed by atoms with E-state index in [1.165, 1.54) is 6.20 Å². The monoisotopic (exact) mass is 288 g/mol. The molecule has 1 aromatic heterocycles. The van der Waals surface area contributed by atoms with Gasteiger partial charge in [-0.3, -0.25) is 0 Å². The summed E-state index contributed by atoms with van der Waals surface area (Å²) in [5.74, 6) is -1.05. The van der Waals surface area contributed by atoms with Crippen molar-refractivity contribution in [3.63, 3.8) is 0 Å². The maximum absolute atomic E-state index is 12.1. The number of ether oxygens (including phenoxy) is 1. The normalized spacial score (nSPS) is 21.4. The third-order valence-electron chi connectivity index (χ3n) is 3.21. The van der Waals surface area contributed by atoms with Crippen LogP contribution in [0.25, 0.3) is 0 Å². The first-order chi connectivity index (χ1) is 8.90. The lowest BCUT2D eigenvalue weighted by atomic mass is 10.0. The third kappa shape index (κ3) is 3.14. The molecule has 2 unspecified atom stereocenters. The molecule has 1 fully saturated rings. The van der Waals surface area contributed by atoms with E-state index in [2.05, 4.69) is 9.71 Å². The molecule has 0 radical (unpaired) electrons. The number of sulfonamides is 1. The number of aromatic carboxylic acids is 1. The molecule has 0 aromatic carbocycles. The van der Waals surface area contributed by atoms with Gasteiger partial charge in [-0.25, -0.2) is 17.9 Å². The summed E-state index contributed by atoms with van der Waals surface area (Å²) in [5.41, 5.74) is -0.155. The zero-order valence-electron chi connectivity index (χ0n) is 10.4. The Hall–Kier alpha value is -1.38. The van der Waals surface area contributed by atoms with Crippen LogP contribution in [0.2, 0.25) is 0 Å². The Balaban J connectivity index is 2.10. The van der Waals surface area contributed by atoms with Gasteiger partial charge in [-0.2, -0.15) is 0 Å². The minimum absolute atomic E-state index is 0.0735. The molecule has 1 aromatic rings. The van der Waals surface area contributed by atoms with Gasteiger partial charge in [-0.15, -0.1) is 0 Å². The molecular formula is C11H16N2O5S. The van der Waals surface area contributed by atoms with Crippen LogP contribution in [0.5, 0.6) is 0 Å². The van der Waals surface area contributed by atoms with Gasteiger partial charge < -0.3 is 14.8 Å². The van der Waals surface area contributed by atoms with E-state index in [9.17, 15) is 13.2 Å². The number of carbonyl (C=O) groups is 1. The Kier molecular flexibility index (Phi) is 3.93. The van der Waals surface area contributed by atoms with Gasteiger partial charge in [0.2, 0.25) is 10.0 Å². The molecule has 8 heteroatoms. The Bertz CT molecular complexity index is 559. The average molecular weight is 288 g/mol. The predicted octanol–water partition coefficient (Wildman–Crippen LogP) is 0.416. The van der Waals surface area contributed by atoms with Crippen molar-refractivity contribution in [1.29, 1.82) is 0 Å². The van der Waals surface area contributed by atoms with E-state index in [4.69, 9.17) is 9.84 Å². The van der Waals surface area contributed by atoms with Crippen LogP contribution in [0, 0.1) is 5.92 Å². The van der Waals surface area contributed by atoms with Crippen molar-refractivity contribution in [2.45, 2.75) is 24.3 Å². The molecule has 1 saturated heterocycles. The van der Waals surface area contributed by atoms with Crippen molar-refractivity contribution in [3.8, 4) is 0 Å². The molecule has 1 aliphatic rings. The summed E-state index contributed by atoms with van der Waals surface area (Å²) >= 11 is 0. The minimum Gasteiger partial charge on any atom is -0.477 e. The van der Waals surface area contributed by atoms with Crippen LogP contribution in [0.4, 0.5) is 0 Å². The van der Waals surface area contributed by atoms with Gasteiger partial charge in [0.05, 0.1) is 6.61 Å². The molecule has 0 aliphatic carbocycles. The van der Waals surface area contributed by atoms with Gasteiger partial charge in [0.25, 0.3) is 0 Å². The summed E-state index contributed by atoms with van der Waals surface area (Å²) in [4.78, 5) is 13.0. The lowest BCUT2D eigenvalue weighted by Gasteiger charge is -2.18. The molecule has 106 valence electrons. The zero-order valence-corrected chi connectivity index (χ0v) is 11.2. The highest BCUT2D eigenvalue weighted by atomic mass is 32.2. The second-order valence-corrected chi connectivity index (χ2v) is 6.30. The van der Waals surface area contributed by atoms with Gasteiger partial charge in [-0.05, 0) is 19.4 Å². The van der Waals surface area contributed by atoms with E-state index < -0.39 is 16.0 Å². The van der Waals surface area contributed by atoms with E-state index >= 15 is 0 Å². The van der Waals surface area contributed by atoms with Crippen molar-refractivity contribution in [2.24, 2.45) is 5.92 Å². The highest BCUT2D eigenvalue weighted by molar-refractivity contribution is 7.89. The summed E-state index contributed by atoms with van der Waals surface area (Å²) < 4.78 is 31.9. The number of nitrogens with one attached hydrogen (secondary N) is 2. The van der Waals surface area contributed by atoms with Crippen LogP contribution in [0.3, 0.4) is 0 Å². The third-order valence-corrected chi connectivity index (χ3v) is 4.75. The number of H-pyrrole nitrogens is 1. The second-order valence-electron chi connectivity index (χ2n) is 4.59. The van der Waals surface area contributed by atoms with Crippen molar-refractivity contribution < 1.29 is 23.1 Å². The molecule has 0 amide bonds. The van der Waals surface area contributed by atoms with Gasteiger partial charge >= 0.3 is 5.97 Å². The Labute approximate surface area is 111 Å². The molecule has 7 nitrogen and oxygen atoms in total. The number of carboxylic acid groups (broad SMARTS) is 1. The molecule has 2 rings (SSSR count). The van der Waals surface area contributed by atoms with E-state index in [0.29, 0.717) is 13.2 Å². The number of aromatic amines is 1. The SMILES string of the molecule is CC(NS(=O)(=O)c1c[nH]c(C(=O)O)c1)C1CCOC1. The first-order valence-corrected chi connectivity index (χ1v) is 7.40. The van der Waals surface area contributed by atoms with Crippen LogP contribution in [-0.4, -0.2) is 43.7 Å². The smallest absolute Gasteiger partial charge is 0.352 e. The fourth-order valence-electron chi connectivity index (χ4n) is 2.01. The summed E-state index contributed by atoms with van der Waals surface area (Å²) in [6.45, 7) is 2.96. The van der Waals surface area contributed by atoms with Gasteiger partial charge in [0.15, 0.2) is 0 Å². The molecule has 0 saturated carbocycles. The summed E-state index contributed by atoms with van der Waals surface area (Å²) in [7, 11) is -3.71. The number of hydrogen-bond acceptors (Lipinski definition) is 4. The van der Waals surface area contributed by atoms with Crippen LogP contribution in [-0.2, 0) is 14.8 Å². The highest BCUT2D eigenvalue weighted by Gasteiger charge is 2.27. The quantitative estimate of drug-likeness (QED) is 0.727. The van der Waals surface area contributed by atoms with E-state index in [-0.39, 0.29) is 22.5 Å². The van der Waals surface area contributed by atoms with E-state index in [0.717, 1.165) is 12.5 Å². The van der Waals surface area contributed by atoms with Crippen LogP contribution < -0.4 is 4.72 Å². The molecule has 2 atom stereocenters. The lowest BCUT2D eigenvalue weighted by Crippen LogP contribution is -2.38. The van der Waals surface area contributed by atoms with Crippen molar-refractivity contribution in [2.75, 3.05) is 13.2 Å². The van der Waals surface area contributed by atoms with E-state index in [1.807, 2.05) is 0 Å². The highest BCUT2D eigenvalue weighted by Crippen LogP contribution is 2.19. The molecule has 1 aliphatic heterocycles. The average Bonchev–Trinajstić information content (AvgIpc) is 3.00. The fourth-order valence-corrected chi connectivity index (χ4v) is 3.31. The van der Waals surface area contributed by atoms with Crippen molar-refractivity contribution in [1.82, 2.24) is 9.71 Å². The molecule has 0 spiro atoms. The second kappa shape index (κ2) is 5.32. The molecule has 0 bridgehead atoms. The van der Waals surface area contributed by atoms with Crippen molar-refractivity contribution in [3.05, 3.63) is 18.0 Å². The number of aromatic nitrogens is 1. The number of hydrogen-bond donors (Lipinski definition) is 3. The summed E-state index contributed by atoms with van der Waals surface area (Å²) in [6.07, 6.45) is 1.99. The van der Waals surface area contributed by atoms with Gasteiger partial charge in [-0.1, -0.05) is 0 Å².